The van der Waals surface area contributed by atoms with Crippen LogP contribution in [0.5, 0.6) is 11.5 Å². The van der Waals surface area contributed by atoms with Crippen LogP contribution < -0.4 is 14.8 Å². The second-order valence-electron chi connectivity index (χ2n) is 5.85. The Hall–Kier alpha value is -1.75. The Morgan fingerprint density at radius 3 is 2.19 bits per heavy atom. The average Bonchev–Trinajstić information content (AvgIpc) is 2.93. The summed E-state index contributed by atoms with van der Waals surface area (Å²) < 4.78 is 10.5. The zero-order chi connectivity index (χ0) is 15.5. The lowest BCUT2D eigenvalue weighted by Gasteiger charge is -2.13. The van der Waals surface area contributed by atoms with Crippen molar-refractivity contribution in [2.24, 2.45) is 0 Å². The van der Waals surface area contributed by atoms with Gasteiger partial charge >= 0.3 is 0 Å². The minimum absolute atomic E-state index is 0.0993. The molecule has 0 saturated heterocycles. The summed E-state index contributed by atoms with van der Waals surface area (Å²) in [6, 6.07) is 5.74. The Kier molecular flexibility index (Phi) is 4.73. The van der Waals surface area contributed by atoms with Crippen LogP contribution in [-0.2, 0) is 12.0 Å². The Morgan fingerprint density at radius 2 is 1.71 bits per heavy atom. The van der Waals surface area contributed by atoms with Crippen LogP contribution in [0, 0.1) is 0 Å². The van der Waals surface area contributed by atoms with Crippen molar-refractivity contribution in [2.75, 3.05) is 19.5 Å². The Morgan fingerprint density at radius 1 is 1.10 bits per heavy atom. The maximum absolute atomic E-state index is 5.26. The second-order valence-corrected chi connectivity index (χ2v) is 6.71. The van der Waals surface area contributed by atoms with E-state index in [1.54, 1.807) is 25.6 Å². The number of ether oxygens (including phenoxy) is 2. The zero-order valence-electron chi connectivity index (χ0n) is 13.2. The highest BCUT2D eigenvalue weighted by molar-refractivity contribution is 7.09. The van der Waals surface area contributed by atoms with E-state index in [1.807, 2.05) is 18.2 Å². The molecule has 1 aromatic carbocycles. The fourth-order valence-electron chi connectivity index (χ4n) is 1.83. The van der Waals surface area contributed by atoms with E-state index in [1.165, 1.54) is 0 Å². The standard InChI is InChI=1S/C16H22N2O2S/c1-16(2,3)15-18-12(10-21-15)9-17-11-6-13(19-4)8-14(7-11)20-5/h6-8,10,17H,9H2,1-5H3. The second kappa shape index (κ2) is 6.35. The molecular weight excluding hydrogens is 284 g/mol. The summed E-state index contributed by atoms with van der Waals surface area (Å²) in [6.45, 7) is 7.21. The molecule has 1 N–H and O–H groups in total. The van der Waals surface area contributed by atoms with Gasteiger partial charge in [0, 0.05) is 34.7 Å². The first-order chi connectivity index (χ1) is 9.92. The first-order valence-electron chi connectivity index (χ1n) is 6.84. The number of thiazole rings is 1. The normalized spacial score (nSPS) is 11.3. The SMILES string of the molecule is COc1cc(NCc2csc(C(C)(C)C)n2)cc(OC)c1. The Labute approximate surface area is 130 Å². The molecule has 0 bridgehead atoms. The van der Waals surface area contributed by atoms with Crippen LogP contribution in [0.4, 0.5) is 5.69 Å². The summed E-state index contributed by atoms with van der Waals surface area (Å²) in [6.07, 6.45) is 0. The predicted molar refractivity (Wildman–Crippen MR) is 87.7 cm³/mol. The molecule has 0 unspecified atom stereocenters. The molecule has 21 heavy (non-hydrogen) atoms. The van der Waals surface area contributed by atoms with E-state index in [2.05, 4.69) is 36.5 Å². The van der Waals surface area contributed by atoms with E-state index in [0.29, 0.717) is 6.54 Å². The number of hydrogen-bond acceptors (Lipinski definition) is 5. The van der Waals surface area contributed by atoms with Gasteiger partial charge in [0.25, 0.3) is 0 Å². The molecule has 0 saturated carbocycles. The highest BCUT2D eigenvalue weighted by atomic mass is 32.1. The molecule has 0 spiro atoms. The molecule has 2 aromatic rings. The topological polar surface area (TPSA) is 43.4 Å². The largest absolute Gasteiger partial charge is 0.497 e. The maximum atomic E-state index is 5.26. The molecule has 1 heterocycles. The number of aromatic nitrogens is 1. The minimum Gasteiger partial charge on any atom is -0.497 e. The van der Waals surface area contributed by atoms with Crippen LogP contribution >= 0.6 is 11.3 Å². The summed E-state index contributed by atoms with van der Waals surface area (Å²) >= 11 is 1.71. The highest BCUT2D eigenvalue weighted by Gasteiger charge is 2.17. The lowest BCUT2D eigenvalue weighted by Crippen LogP contribution is -2.11. The van der Waals surface area contributed by atoms with Gasteiger partial charge in [-0.15, -0.1) is 11.3 Å². The molecule has 0 amide bonds. The van der Waals surface area contributed by atoms with Gasteiger partial charge in [-0.3, -0.25) is 0 Å². The molecule has 0 radical (unpaired) electrons. The van der Waals surface area contributed by atoms with Crippen molar-refractivity contribution < 1.29 is 9.47 Å². The number of hydrogen-bond donors (Lipinski definition) is 1. The third-order valence-corrected chi connectivity index (χ3v) is 4.34. The van der Waals surface area contributed by atoms with Crippen LogP contribution in [0.15, 0.2) is 23.6 Å². The van der Waals surface area contributed by atoms with Gasteiger partial charge in [-0.2, -0.15) is 0 Å². The molecule has 114 valence electrons. The van der Waals surface area contributed by atoms with Crippen molar-refractivity contribution in [3.63, 3.8) is 0 Å². The smallest absolute Gasteiger partial charge is 0.124 e. The van der Waals surface area contributed by atoms with Gasteiger partial charge in [-0.25, -0.2) is 4.98 Å². The van der Waals surface area contributed by atoms with Crippen molar-refractivity contribution >= 4 is 17.0 Å². The van der Waals surface area contributed by atoms with Gasteiger partial charge in [0.15, 0.2) is 0 Å². The van der Waals surface area contributed by atoms with Crippen LogP contribution in [-0.4, -0.2) is 19.2 Å². The number of rotatable bonds is 5. The predicted octanol–water partition coefficient (Wildman–Crippen LogP) is 4.07. The van der Waals surface area contributed by atoms with Crippen LogP contribution in [0.2, 0.25) is 0 Å². The molecule has 0 aliphatic carbocycles. The average molecular weight is 306 g/mol. The summed E-state index contributed by atoms with van der Waals surface area (Å²) in [5.74, 6) is 1.54. The van der Waals surface area contributed by atoms with Crippen LogP contribution in [0.25, 0.3) is 0 Å². The van der Waals surface area contributed by atoms with Gasteiger partial charge in [0.05, 0.1) is 31.5 Å². The van der Waals surface area contributed by atoms with Crippen molar-refractivity contribution in [3.8, 4) is 11.5 Å². The fraction of sp³-hybridized carbons (Fsp3) is 0.438. The summed E-state index contributed by atoms with van der Waals surface area (Å²) in [4.78, 5) is 4.68. The lowest BCUT2D eigenvalue weighted by atomic mass is 9.98. The molecule has 5 heteroatoms. The zero-order valence-corrected chi connectivity index (χ0v) is 14.0. The van der Waals surface area contributed by atoms with E-state index < -0.39 is 0 Å². The van der Waals surface area contributed by atoms with Crippen LogP contribution in [0.1, 0.15) is 31.5 Å². The molecule has 0 fully saturated rings. The van der Waals surface area contributed by atoms with Crippen molar-refractivity contribution in [3.05, 3.63) is 34.3 Å². The van der Waals surface area contributed by atoms with Crippen molar-refractivity contribution in [1.29, 1.82) is 0 Å². The van der Waals surface area contributed by atoms with E-state index >= 15 is 0 Å². The fourth-order valence-corrected chi connectivity index (χ4v) is 2.74. The maximum Gasteiger partial charge on any atom is 0.124 e. The quantitative estimate of drug-likeness (QED) is 0.904. The number of nitrogens with zero attached hydrogens (tertiary/aromatic N) is 1. The van der Waals surface area contributed by atoms with Gasteiger partial charge in [-0.1, -0.05) is 20.8 Å². The summed E-state index contributed by atoms with van der Waals surface area (Å²) in [5.41, 5.74) is 2.10. The van der Waals surface area contributed by atoms with Crippen molar-refractivity contribution in [2.45, 2.75) is 32.7 Å². The first-order valence-corrected chi connectivity index (χ1v) is 7.72. The van der Waals surface area contributed by atoms with Gasteiger partial charge in [0.2, 0.25) is 0 Å². The first kappa shape index (κ1) is 15.6. The number of anilines is 1. The van der Waals surface area contributed by atoms with E-state index in [9.17, 15) is 0 Å². The highest BCUT2D eigenvalue weighted by Crippen LogP contribution is 2.28. The van der Waals surface area contributed by atoms with Crippen molar-refractivity contribution in [1.82, 2.24) is 4.98 Å². The summed E-state index contributed by atoms with van der Waals surface area (Å²) in [7, 11) is 3.29. The molecule has 0 aliphatic rings. The van der Waals surface area contributed by atoms with Gasteiger partial charge in [0.1, 0.15) is 11.5 Å². The van der Waals surface area contributed by atoms with Gasteiger partial charge < -0.3 is 14.8 Å². The third-order valence-electron chi connectivity index (χ3n) is 3.02. The van der Waals surface area contributed by atoms with E-state index in [4.69, 9.17) is 9.47 Å². The molecule has 2 rings (SSSR count). The third kappa shape index (κ3) is 4.11. The molecule has 0 atom stereocenters. The number of benzene rings is 1. The monoisotopic (exact) mass is 306 g/mol. The van der Waals surface area contributed by atoms with Crippen LogP contribution in [0.3, 0.4) is 0 Å². The molecule has 0 aliphatic heterocycles. The summed E-state index contributed by atoms with van der Waals surface area (Å²) in [5, 5.41) is 6.62. The van der Waals surface area contributed by atoms with Gasteiger partial charge in [-0.05, 0) is 0 Å². The minimum atomic E-state index is 0.0993. The van der Waals surface area contributed by atoms with E-state index in [-0.39, 0.29) is 5.41 Å². The molecular formula is C16H22N2O2S. The Bertz CT molecular complexity index is 580. The number of nitrogens with one attached hydrogen (secondary N) is 1. The molecule has 4 nitrogen and oxygen atoms in total. The molecule has 1 aromatic heterocycles. The number of methoxy groups -OCH3 is 2. The van der Waals surface area contributed by atoms with E-state index in [0.717, 1.165) is 27.9 Å². The lowest BCUT2D eigenvalue weighted by molar-refractivity contribution is 0.394. The Balaban J connectivity index is 2.07.